The topological polar surface area (TPSA) is 88.1 Å². The van der Waals surface area contributed by atoms with Crippen molar-refractivity contribution in [3.63, 3.8) is 0 Å². The number of thioether (sulfide) groups is 1. The second kappa shape index (κ2) is 7.45. The maximum atomic E-state index is 12.8. The van der Waals surface area contributed by atoms with Crippen molar-refractivity contribution < 1.29 is 17.9 Å². The predicted octanol–water partition coefficient (Wildman–Crippen LogP) is 1.32. The van der Waals surface area contributed by atoms with Crippen molar-refractivity contribution in [3.05, 3.63) is 29.8 Å². The fourth-order valence-corrected chi connectivity index (χ4v) is 5.15. The molecular formula is C16H21N3O4S2. The molecule has 2 aliphatic rings. The van der Waals surface area contributed by atoms with Crippen LogP contribution in [0.25, 0.3) is 0 Å². The summed E-state index contributed by atoms with van der Waals surface area (Å²) >= 11 is 1.50. The van der Waals surface area contributed by atoms with Crippen molar-refractivity contribution in [2.75, 3.05) is 25.4 Å². The summed E-state index contributed by atoms with van der Waals surface area (Å²) in [5.74, 6) is 0.578. The molecule has 1 amide bonds. The lowest BCUT2D eigenvalue weighted by atomic mass is 10.2. The summed E-state index contributed by atoms with van der Waals surface area (Å²) < 4.78 is 32.6. The van der Waals surface area contributed by atoms with Gasteiger partial charge in [0.1, 0.15) is 0 Å². The minimum absolute atomic E-state index is 0.145. The van der Waals surface area contributed by atoms with Crippen molar-refractivity contribution in [2.24, 2.45) is 4.99 Å². The van der Waals surface area contributed by atoms with Gasteiger partial charge in [-0.15, -0.1) is 0 Å². The third kappa shape index (κ3) is 4.22. The second-order valence-corrected chi connectivity index (χ2v) is 9.11. The first kappa shape index (κ1) is 18.4. The fourth-order valence-electron chi connectivity index (χ4n) is 2.83. The third-order valence-electron chi connectivity index (χ3n) is 3.95. The number of benzene rings is 1. The van der Waals surface area contributed by atoms with E-state index in [2.05, 4.69) is 10.3 Å². The molecule has 0 spiro atoms. The van der Waals surface area contributed by atoms with Crippen molar-refractivity contribution >= 4 is 32.9 Å². The van der Waals surface area contributed by atoms with Gasteiger partial charge in [-0.05, 0) is 38.1 Å². The van der Waals surface area contributed by atoms with Crippen LogP contribution in [0.3, 0.4) is 0 Å². The van der Waals surface area contributed by atoms with Crippen molar-refractivity contribution in [2.45, 2.75) is 31.0 Å². The maximum Gasteiger partial charge on any atom is 0.257 e. The number of morpholine rings is 1. The van der Waals surface area contributed by atoms with Crippen molar-refractivity contribution in [3.8, 4) is 0 Å². The van der Waals surface area contributed by atoms with E-state index in [9.17, 15) is 13.2 Å². The minimum atomic E-state index is -3.60. The van der Waals surface area contributed by atoms with E-state index in [-0.39, 0.29) is 23.0 Å². The van der Waals surface area contributed by atoms with Crippen LogP contribution in [0.5, 0.6) is 0 Å². The molecule has 3 rings (SSSR count). The number of ether oxygens (including phenoxy) is 1. The average Bonchev–Trinajstić information content (AvgIpc) is 3.07. The number of hydrogen-bond acceptors (Lipinski definition) is 6. The highest BCUT2D eigenvalue weighted by Crippen LogP contribution is 2.21. The molecule has 9 heteroatoms. The number of rotatable bonds is 3. The summed E-state index contributed by atoms with van der Waals surface area (Å²) in [6.45, 7) is 5.07. The van der Waals surface area contributed by atoms with Crippen LogP contribution in [0.4, 0.5) is 0 Å². The Morgan fingerprint density at radius 1 is 1.24 bits per heavy atom. The third-order valence-corrected chi connectivity index (χ3v) is 6.68. The van der Waals surface area contributed by atoms with Crippen LogP contribution >= 0.6 is 11.8 Å². The first-order valence-corrected chi connectivity index (χ1v) is 10.5. The molecule has 2 aliphatic heterocycles. The summed E-state index contributed by atoms with van der Waals surface area (Å²) in [4.78, 5) is 16.5. The summed E-state index contributed by atoms with van der Waals surface area (Å²) in [6.07, 6.45) is -0.290. The molecule has 1 aromatic rings. The molecule has 0 unspecified atom stereocenters. The van der Waals surface area contributed by atoms with E-state index in [1.807, 2.05) is 13.8 Å². The molecular weight excluding hydrogens is 362 g/mol. The monoisotopic (exact) mass is 383 g/mol. The first-order valence-electron chi connectivity index (χ1n) is 8.10. The number of amidine groups is 1. The van der Waals surface area contributed by atoms with Crippen LogP contribution in [0, 0.1) is 0 Å². The zero-order valence-corrected chi connectivity index (χ0v) is 15.8. The lowest BCUT2D eigenvalue weighted by Gasteiger charge is -2.34. The number of sulfonamides is 1. The van der Waals surface area contributed by atoms with Gasteiger partial charge in [0.05, 0.1) is 23.6 Å². The Morgan fingerprint density at radius 2 is 1.88 bits per heavy atom. The van der Waals surface area contributed by atoms with E-state index in [4.69, 9.17) is 4.74 Å². The molecule has 1 N–H and O–H groups in total. The summed E-state index contributed by atoms with van der Waals surface area (Å²) in [5.41, 5.74) is 0.401. The van der Waals surface area contributed by atoms with Gasteiger partial charge in [-0.25, -0.2) is 8.42 Å². The molecule has 0 aromatic heterocycles. The van der Waals surface area contributed by atoms with Gasteiger partial charge in [-0.1, -0.05) is 11.8 Å². The highest BCUT2D eigenvalue weighted by Gasteiger charge is 2.32. The van der Waals surface area contributed by atoms with Crippen LogP contribution in [0.15, 0.2) is 34.2 Å². The summed E-state index contributed by atoms with van der Waals surface area (Å²) in [7, 11) is -3.60. The smallest absolute Gasteiger partial charge is 0.257 e. The number of aliphatic imine (C=N–C) groups is 1. The van der Waals surface area contributed by atoms with E-state index < -0.39 is 10.0 Å². The molecule has 25 heavy (non-hydrogen) atoms. The Labute approximate surface area is 151 Å². The minimum Gasteiger partial charge on any atom is -0.373 e. The Hall–Kier alpha value is -1.42. The molecule has 1 saturated heterocycles. The van der Waals surface area contributed by atoms with Gasteiger partial charge in [0.25, 0.3) is 5.91 Å². The number of carbonyl (C=O) groups is 1. The van der Waals surface area contributed by atoms with Crippen LogP contribution in [-0.4, -0.2) is 61.4 Å². The van der Waals surface area contributed by atoms with Gasteiger partial charge in [0.2, 0.25) is 10.0 Å². The van der Waals surface area contributed by atoms with Gasteiger partial charge in [0.15, 0.2) is 5.17 Å². The molecule has 1 fully saturated rings. The molecule has 2 atom stereocenters. The number of carbonyl (C=O) groups excluding carboxylic acids is 1. The first-order chi connectivity index (χ1) is 11.9. The van der Waals surface area contributed by atoms with Crippen molar-refractivity contribution in [1.82, 2.24) is 9.62 Å². The molecule has 0 bridgehead atoms. The van der Waals surface area contributed by atoms with Gasteiger partial charge in [-0.2, -0.15) is 4.31 Å². The number of nitrogens with zero attached hydrogens (tertiary/aromatic N) is 2. The SMILES string of the molecule is C[C@@H]1CN(S(=O)(=O)c2ccc(C(=O)NC3=NCCS3)cc2)C[C@@H](C)O1. The quantitative estimate of drug-likeness (QED) is 0.850. The largest absolute Gasteiger partial charge is 0.373 e. The molecule has 136 valence electrons. The molecule has 1 aromatic carbocycles. The lowest BCUT2D eigenvalue weighted by Crippen LogP contribution is -2.48. The molecule has 7 nitrogen and oxygen atoms in total. The number of hydrogen-bond donors (Lipinski definition) is 1. The van der Waals surface area contributed by atoms with Gasteiger partial charge in [0, 0.05) is 24.4 Å². The van der Waals surface area contributed by atoms with E-state index >= 15 is 0 Å². The number of amides is 1. The molecule has 2 heterocycles. The predicted molar refractivity (Wildman–Crippen MR) is 97.4 cm³/mol. The molecule has 0 radical (unpaired) electrons. The van der Waals surface area contributed by atoms with Crippen LogP contribution in [0.1, 0.15) is 24.2 Å². The Balaban J connectivity index is 1.73. The number of nitrogens with one attached hydrogen (secondary N) is 1. The van der Waals surface area contributed by atoms with Crippen LogP contribution < -0.4 is 5.32 Å². The lowest BCUT2D eigenvalue weighted by molar-refractivity contribution is -0.0440. The van der Waals surface area contributed by atoms with Crippen LogP contribution in [0.2, 0.25) is 0 Å². The normalized spacial score (nSPS) is 24.8. The Bertz CT molecular complexity index is 767. The average molecular weight is 383 g/mol. The Kier molecular flexibility index (Phi) is 5.47. The van der Waals surface area contributed by atoms with Crippen molar-refractivity contribution in [1.29, 1.82) is 0 Å². The van der Waals surface area contributed by atoms with Gasteiger partial charge >= 0.3 is 0 Å². The standard InChI is InChI=1S/C16H21N3O4S2/c1-11-9-19(10-12(2)23-11)25(21,22)14-5-3-13(4-6-14)15(20)18-16-17-7-8-24-16/h3-6,11-12H,7-10H2,1-2H3,(H,17,18,20)/t11-,12-/m1/s1. The highest BCUT2D eigenvalue weighted by molar-refractivity contribution is 8.14. The van der Waals surface area contributed by atoms with E-state index in [0.717, 1.165) is 5.75 Å². The van der Waals surface area contributed by atoms with Crippen LogP contribution in [-0.2, 0) is 14.8 Å². The molecule has 0 aliphatic carbocycles. The fraction of sp³-hybridized carbons (Fsp3) is 0.500. The second-order valence-electron chi connectivity index (χ2n) is 6.09. The summed E-state index contributed by atoms with van der Waals surface area (Å²) in [6, 6.07) is 5.99. The molecule has 0 saturated carbocycles. The highest BCUT2D eigenvalue weighted by atomic mass is 32.2. The van der Waals surface area contributed by atoms with Gasteiger partial charge in [-0.3, -0.25) is 9.79 Å². The Morgan fingerprint density at radius 3 is 2.44 bits per heavy atom. The zero-order chi connectivity index (χ0) is 18.0. The van der Waals surface area contributed by atoms with E-state index in [1.165, 1.54) is 40.3 Å². The van der Waals surface area contributed by atoms with E-state index in [1.54, 1.807) is 0 Å². The van der Waals surface area contributed by atoms with E-state index in [0.29, 0.717) is 30.4 Å². The zero-order valence-electron chi connectivity index (χ0n) is 14.1. The maximum absolute atomic E-state index is 12.8. The summed E-state index contributed by atoms with van der Waals surface area (Å²) in [5, 5.41) is 3.34. The van der Waals surface area contributed by atoms with Gasteiger partial charge < -0.3 is 10.1 Å².